The van der Waals surface area contributed by atoms with Gasteiger partial charge in [-0.05, 0) is 42.5 Å². The van der Waals surface area contributed by atoms with Crippen LogP contribution in [-0.4, -0.2) is 17.0 Å². The highest BCUT2D eigenvalue weighted by Gasteiger charge is 2.18. The first-order valence-corrected chi connectivity index (χ1v) is 8.81. The van der Waals surface area contributed by atoms with Gasteiger partial charge in [-0.2, -0.15) is 5.10 Å². The normalized spacial score (nSPS) is 11.0. The van der Waals surface area contributed by atoms with Gasteiger partial charge in [0.25, 0.3) is 11.6 Å². The van der Waals surface area contributed by atoms with Crippen molar-refractivity contribution < 1.29 is 14.1 Å². The van der Waals surface area contributed by atoms with Gasteiger partial charge in [-0.25, -0.2) is 5.43 Å². The number of rotatable bonds is 5. The quantitative estimate of drug-likeness (QED) is 0.319. The van der Waals surface area contributed by atoms with Gasteiger partial charge < -0.3 is 4.42 Å². The van der Waals surface area contributed by atoms with Crippen LogP contribution in [0, 0.1) is 10.1 Å². The van der Waals surface area contributed by atoms with E-state index in [1.807, 2.05) is 0 Å². The summed E-state index contributed by atoms with van der Waals surface area (Å²) in [6.45, 7) is 0. The highest BCUT2D eigenvalue weighted by molar-refractivity contribution is 6.42. The molecule has 0 aliphatic carbocycles. The van der Waals surface area contributed by atoms with E-state index >= 15 is 0 Å². The van der Waals surface area contributed by atoms with Crippen molar-refractivity contribution in [3.05, 3.63) is 85.0 Å². The van der Waals surface area contributed by atoms with Gasteiger partial charge in [-0.15, -0.1) is 0 Å². The number of hydrogen-bond donors (Lipinski definition) is 1. The summed E-state index contributed by atoms with van der Waals surface area (Å²) >= 11 is 17.5. The molecule has 3 rings (SSSR count). The van der Waals surface area contributed by atoms with Crippen LogP contribution in [0.4, 0.5) is 5.69 Å². The first kappa shape index (κ1) is 19.9. The summed E-state index contributed by atoms with van der Waals surface area (Å²) < 4.78 is 5.54. The first-order chi connectivity index (χ1) is 13.3. The highest BCUT2D eigenvalue weighted by Crippen LogP contribution is 2.33. The van der Waals surface area contributed by atoms with Crippen LogP contribution < -0.4 is 5.43 Å². The standard InChI is InChI=1S/C18H10Cl3N3O4/c19-11-2-4-13(16(8-11)24(26)27)17-6-3-12(28-17)9-22-23-18(25)10-1-5-14(20)15(21)7-10/h1-9H,(H,23,25)/b22-9-. The monoisotopic (exact) mass is 437 g/mol. The lowest BCUT2D eigenvalue weighted by Gasteiger charge is -2.01. The number of halogens is 3. The molecule has 0 aliphatic rings. The summed E-state index contributed by atoms with van der Waals surface area (Å²) in [5, 5.41) is 15.8. The van der Waals surface area contributed by atoms with E-state index in [1.165, 1.54) is 42.6 Å². The molecule has 3 aromatic rings. The molecule has 0 saturated carbocycles. The molecule has 0 aliphatic heterocycles. The van der Waals surface area contributed by atoms with Crippen LogP contribution in [0.25, 0.3) is 11.3 Å². The Morgan fingerprint density at radius 3 is 2.57 bits per heavy atom. The summed E-state index contributed by atoms with van der Waals surface area (Å²) in [6, 6.07) is 11.8. The molecule has 0 fully saturated rings. The molecule has 0 spiro atoms. The molecule has 7 nitrogen and oxygen atoms in total. The van der Waals surface area contributed by atoms with Gasteiger partial charge in [-0.3, -0.25) is 14.9 Å². The van der Waals surface area contributed by atoms with Gasteiger partial charge in [0.15, 0.2) is 0 Å². The lowest BCUT2D eigenvalue weighted by Crippen LogP contribution is -2.17. The van der Waals surface area contributed by atoms with Crippen molar-refractivity contribution in [1.29, 1.82) is 0 Å². The number of benzene rings is 2. The average molecular weight is 439 g/mol. The van der Waals surface area contributed by atoms with E-state index in [2.05, 4.69) is 10.5 Å². The average Bonchev–Trinajstić information content (AvgIpc) is 3.12. The van der Waals surface area contributed by atoms with Gasteiger partial charge in [0.05, 0.1) is 26.7 Å². The smallest absolute Gasteiger partial charge is 0.281 e. The van der Waals surface area contributed by atoms with E-state index in [-0.39, 0.29) is 38.4 Å². The van der Waals surface area contributed by atoms with Crippen LogP contribution in [0.15, 0.2) is 58.0 Å². The Bertz CT molecular complexity index is 1100. The molecule has 0 radical (unpaired) electrons. The molecule has 1 N–H and O–H groups in total. The summed E-state index contributed by atoms with van der Waals surface area (Å²) in [5.41, 5.74) is 2.69. The molecular weight excluding hydrogens is 429 g/mol. The summed E-state index contributed by atoms with van der Waals surface area (Å²) in [4.78, 5) is 22.7. The Hall–Kier alpha value is -2.87. The highest BCUT2D eigenvalue weighted by atomic mass is 35.5. The minimum absolute atomic E-state index is 0.182. The van der Waals surface area contributed by atoms with Crippen LogP contribution in [0.2, 0.25) is 15.1 Å². The number of amides is 1. The summed E-state index contributed by atoms with van der Waals surface area (Å²) in [7, 11) is 0. The topological polar surface area (TPSA) is 97.7 Å². The van der Waals surface area contributed by atoms with Crippen LogP contribution in [0.1, 0.15) is 16.1 Å². The van der Waals surface area contributed by atoms with E-state index in [4.69, 9.17) is 39.2 Å². The van der Waals surface area contributed by atoms with Crippen molar-refractivity contribution in [2.45, 2.75) is 0 Å². The number of nitro groups is 1. The second-order valence-electron chi connectivity index (χ2n) is 5.45. The van der Waals surface area contributed by atoms with E-state index in [0.717, 1.165) is 0 Å². The zero-order valence-electron chi connectivity index (χ0n) is 13.9. The van der Waals surface area contributed by atoms with E-state index in [0.29, 0.717) is 5.02 Å². The molecule has 28 heavy (non-hydrogen) atoms. The minimum atomic E-state index is -0.547. The summed E-state index contributed by atoms with van der Waals surface area (Å²) in [6.07, 6.45) is 1.26. The molecule has 2 aromatic carbocycles. The molecular formula is C18H10Cl3N3O4. The number of carbonyl (C=O) groups excluding carboxylic acids is 1. The van der Waals surface area contributed by atoms with Crippen LogP contribution >= 0.6 is 34.8 Å². The zero-order valence-corrected chi connectivity index (χ0v) is 16.1. The Morgan fingerprint density at radius 2 is 1.86 bits per heavy atom. The maximum Gasteiger partial charge on any atom is 0.281 e. The number of hydrazone groups is 1. The molecule has 0 unspecified atom stereocenters. The summed E-state index contributed by atoms with van der Waals surface area (Å²) in [5.74, 6) is 0.0595. The largest absolute Gasteiger partial charge is 0.455 e. The van der Waals surface area contributed by atoms with Gasteiger partial charge in [0.1, 0.15) is 11.5 Å². The van der Waals surface area contributed by atoms with E-state index in [9.17, 15) is 14.9 Å². The Kier molecular flexibility index (Phi) is 5.99. The van der Waals surface area contributed by atoms with Crippen molar-refractivity contribution in [3.63, 3.8) is 0 Å². The van der Waals surface area contributed by atoms with E-state index < -0.39 is 10.8 Å². The SMILES string of the molecule is O=C(N/N=C\c1ccc(-c2ccc(Cl)cc2[N+](=O)[O-])o1)c1ccc(Cl)c(Cl)c1. The van der Waals surface area contributed by atoms with E-state index in [1.54, 1.807) is 12.1 Å². The van der Waals surface area contributed by atoms with Crippen molar-refractivity contribution in [3.8, 4) is 11.3 Å². The molecule has 142 valence electrons. The third-order valence-electron chi connectivity index (χ3n) is 3.59. The second-order valence-corrected chi connectivity index (χ2v) is 6.70. The lowest BCUT2D eigenvalue weighted by atomic mass is 10.1. The molecule has 0 atom stereocenters. The number of nitrogens with zero attached hydrogens (tertiary/aromatic N) is 2. The third-order valence-corrected chi connectivity index (χ3v) is 4.56. The molecule has 1 amide bonds. The predicted molar refractivity (Wildman–Crippen MR) is 107 cm³/mol. The Labute approximate surface area is 173 Å². The third kappa shape index (κ3) is 4.51. The fourth-order valence-electron chi connectivity index (χ4n) is 2.29. The van der Waals surface area contributed by atoms with Crippen LogP contribution in [0.3, 0.4) is 0 Å². The zero-order chi connectivity index (χ0) is 20.3. The molecule has 0 saturated heterocycles. The molecule has 10 heteroatoms. The number of nitrogens with one attached hydrogen (secondary N) is 1. The van der Waals surface area contributed by atoms with Gasteiger partial charge >= 0.3 is 0 Å². The Morgan fingerprint density at radius 1 is 1.07 bits per heavy atom. The predicted octanol–water partition coefficient (Wildman–Crippen LogP) is 5.58. The first-order valence-electron chi connectivity index (χ1n) is 7.68. The maximum absolute atomic E-state index is 12.0. The molecule has 1 aromatic heterocycles. The maximum atomic E-state index is 12.0. The number of nitro benzene ring substituents is 1. The fourth-order valence-corrected chi connectivity index (χ4v) is 2.75. The second kappa shape index (κ2) is 8.43. The van der Waals surface area contributed by atoms with Crippen molar-refractivity contribution in [2.75, 3.05) is 0 Å². The van der Waals surface area contributed by atoms with Gasteiger partial charge in [0, 0.05) is 16.7 Å². The van der Waals surface area contributed by atoms with Crippen molar-refractivity contribution >= 4 is 52.6 Å². The molecule has 0 bridgehead atoms. The minimum Gasteiger partial charge on any atom is -0.455 e. The van der Waals surface area contributed by atoms with Gasteiger partial charge in [-0.1, -0.05) is 34.8 Å². The van der Waals surface area contributed by atoms with Crippen molar-refractivity contribution in [2.24, 2.45) is 5.10 Å². The van der Waals surface area contributed by atoms with Gasteiger partial charge in [0.2, 0.25) is 0 Å². The van der Waals surface area contributed by atoms with Crippen LogP contribution in [-0.2, 0) is 0 Å². The molecule has 1 heterocycles. The lowest BCUT2D eigenvalue weighted by molar-refractivity contribution is -0.384. The fraction of sp³-hybridized carbons (Fsp3) is 0. The number of furan rings is 1. The Balaban J connectivity index is 1.73. The number of carbonyl (C=O) groups is 1. The number of hydrogen-bond acceptors (Lipinski definition) is 5. The van der Waals surface area contributed by atoms with Crippen LogP contribution in [0.5, 0.6) is 0 Å². The van der Waals surface area contributed by atoms with Crippen molar-refractivity contribution in [1.82, 2.24) is 5.43 Å².